The molecule has 1 saturated heterocycles. The average molecular weight is 251 g/mol. The summed E-state index contributed by atoms with van der Waals surface area (Å²) in [4.78, 5) is 14.3. The van der Waals surface area contributed by atoms with Crippen LogP contribution in [0.1, 0.15) is 35.9 Å². The van der Waals surface area contributed by atoms with Crippen LogP contribution in [0.25, 0.3) is 0 Å². The highest BCUT2D eigenvalue weighted by Gasteiger charge is 2.23. The van der Waals surface area contributed by atoms with E-state index in [0.717, 1.165) is 19.5 Å². The van der Waals surface area contributed by atoms with E-state index in [2.05, 4.69) is 17.1 Å². The van der Waals surface area contributed by atoms with Crippen LogP contribution in [0.2, 0.25) is 0 Å². The number of carbonyl (C=O) groups is 1. The van der Waals surface area contributed by atoms with Crippen molar-refractivity contribution < 1.29 is 9.21 Å². The number of carbonyl (C=O) groups excluding carboxylic acids is 1. The predicted molar refractivity (Wildman–Crippen MR) is 69.2 cm³/mol. The van der Waals surface area contributed by atoms with Gasteiger partial charge in [0.25, 0.3) is 5.91 Å². The van der Waals surface area contributed by atoms with Gasteiger partial charge in [-0.25, -0.2) is 0 Å². The lowest BCUT2D eigenvalue weighted by Crippen LogP contribution is -2.39. The molecule has 2 heterocycles. The minimum Gasteiger partial charge on any atom is -0.467 e. The van der Waals surface area contributed by atoms with Crippen LogP contribution in [0, 0.1) is 0 Å². The summed E-state index contributed by atoms with van der Waals surface area (Å²) in [7, 11) is 0. The van der Waals surface area contributed by atoms with Crippen LogP contribution >= 0.6 is 0 Å². The van der Waals surface area contributed by atoms with Crippen LogP contribution in [0.5, 0.6) is 0 Å². The Bertz CT molecular complexity index is 403. The molecule has 1 aromatic rings. The standard InChI is InChI=1S/C13H21N3O2/c1-2-16-5-3-4-11(16)8-15-13(17)10-6-12(7-14)18-9-10/h6,9,11H,2-5,7-8,14H2,1H3,(H,15,17). The Balaban J connectivity index is 1.84. The first-order chi connectivity index (χ1) is 8.74. The van der Waals surface area contributed by atoms with Crippen molar-refractivity contribution in [3.05, 3.63) is 23.7 Å². The number of nitrogens with one attached hydrogen (secondary N) is 1. The number of nitrogens with zero attached hydrogens (tertiary/aromatic N) is 1. The van der Waals surface area contributed by atoms with E-state index in [4.69, 9.17) is 10.2 Å². The molecule has 3 N–H and O–H groups in total. The summed E-state index contributed by atoms with van der Waals surface area (Å²) in [6.07, 6.45) is 3.84. The first kappa shape index (κ1) is 13.1. The van der Waals surface area contributed by atoms with Gasteiger partial charge >= 0.3 is 0 Å². The molecule has 0 aromatic carbocycles. The van der Waals surface area contributed by atoms with Gasteiger partial charge in [-0.2, -0.15) is 0 Å². The quantitative estimate of drug-likeness (QED) is 0.817. The van der Waals surface area contributed by atoms with E-state index in [1.54, 1.807) is 6.07 Å². The molecular weight excluding hydrogens is 230 g/mol. The van der Waals surface area contributed by atoms with E-state index < -0.39 is 0 Å². The van der Waals surface area contributed by atoms with E-state index in [1.807, 2.05) is 0 Å². The fourth-order valence-corrected chi connectivity index (χ4v) is 2.46. The number of rotatable bonds is 5. The third kappa shape index (κ3) is 2.91. The summed E-state index contributed by atoms with van der Waals surface area (Å²) in [5, 5.41) is 2.96. The van der Waals surface area contributed by atoms with E-state index in [1.165, 1.54) is 12.7 Å². The molecule has 1 aliphatic heterocycles. The van der Waals surface area contributed by atoms with E-state index in [-0.39, 0.29) is 5.91 Å². The molecule has 1 amide bonds. The van der Waals surface area contributed by atoms with Crippen molar-refractivity contribution in [1.82, 2.24) is 10.2 Å². The van der Waals surface area contributed by atoms with Gasteiger partial charge in [0.1, 0.15) is 12.0 Å². The molecule has 1 atom stereocenters. The van der Waals surface area contributed by atoms with Crippen molar-refractivity contribution in [2.75, 3.05) is 19.6 Å². The van der Waals surface area contributed by atoms with E-state index in [9.17, 15) is 4.79 Å². The zero-order valence-corrected chi connectivity index (χ0v) is 10.8. The van der Waals surface area contributed by atoms with Crippen LogP contribution in [0.3, 0.4) is 0 Å². The van der Waals surface area contributed by atoms with Gasteiger partial charge in [0.05, 0.1) is 12.1 Å². The van der Waals surface area contributed by atoms with Crippen LogP contribution in [-0.4, -0.2) is 36.5 Å². The number of likely N-dealkylation sites (tertiary alicyclic amines) is 1. The molecule has 5 heteroatoms. The van der Waals surface area contributed by atoms with Gasteiger partial charge in [-0.15, -0.1) is 0 Å². The zero-order valence-electron chi connectivity index (χ0n) is 10.8. The van der Waals surface area contributed by atoms with Crippen molar-refractivity contribution >= 4 is 5.91 Å². The van der Waals surface area contributed by atoms with Crippen molar-refractivity contribution in [3.8, 4) is 0 Å². The fraction of sp³-hybridized carbons (Fsp3) is 0.615. The fourth-order valence-electron chi connectivity index (χ4n) is 2.46. The Kier molecular flexibility index (Phi) is 4.38. The first-order valence-corrected chi connectivity index (χ1v) is 6.54. The minimum atomic E-state index is -0.0820. The maximum Gasteiger partial charge on any atom is 0.254 e. The monoisotopic (exact) mass is 251 g/mol. The lowest BCUT2D eigenvalue weighted by atomic mass is 10.2. The maximum absolute atomic E-state index is 11.9. The predicted octanol–water partition coefficient (Wildman–Crippen LogP) is 0.952. The molecule has 0 radical (unpaired) electrons. The minimum absolute atomic E-state index is 0.0820. The van der Waals surface area contributed by atoms with Crippen LogP contribution in [-0.2, 0) is 6.54 Å². The zero-order chi connectivity index (χ0) is 13.0. The molecule has 5 nitrogen and oxygen atoms in total. The summed E-state index contributed by atoms with van der Waals surface area (Å²) in [5.74, 6) is 0.553. The summed E-state index contributed by atoms with van der Waals surface area (Å²) >= 11 is 0. The molecule has 0 spiro atoms. The van der Waals surface area contributed by atoms with Crippen LogP contribution in [0.15, 0.2) is 16.7 Å². The number of furan rings is 1. The highest BCUT2D eigenvalue weighted by molar-refractivity contribution is 5.93. The number of hydrogen-bond acceptors (Lipinski definition) is 4. The van der Waals surface area contributed by atoms with Crippen LogP contribution in [0.4, 0.5) is 0 Å². The van der Waals surface area contributed by atoms with Gasteiger partial charge in [0.2, 0.25) is 0 Å². The Morgan fingerprint density at radius 2 is 2.50 bits per heavy atom. The largest absolute Gasteiger partial charge is 0.467 e. The van der Waals surface area contributed by atoms with Crippen molar-refractivity contribution in [1.29, 1.82) is 0 Å². The summed E-state index contributed by atoms with van der Waals surface area (Å²) < 4.78 is 5.15. The first-order valence-electron chi connectivity index (χ1n) is 6.54. The van der Waals surface area contributed by atoms with Crippen molar-refractivity contribution in [2.24, 2.45) is 5.73 Å². The van der Waals surface area contributed by atoms with Gasteiger partial charge in [-0.1, -0.05) is 6.92 Å². The number of amides is 1. The molecule has 0 saturated carbocycles. The highest BCUT2D eigenvalue weighted by Crippen LogP contribution is 2.15. The Morgan fingerprint density at radius 3 is 3.17 bits per heavy atom. The summed E-state index contributed by atoms with van der Waals surface area (Å²) in [6, 6.07) is 2.17. The van der Waals surface area contributed by atoms with Gasteiger partial charge in [-0.05, 0) is 32.0 Å². The van der Waals surface area contributed by atoms with Gasteiger partial charge in [0, 0.05) is 12.6 Å². The van der Waals surface area contributed by atoms with Crippen molar-refractivity contribution in [3.63, 3.8) is 0 Å². The molecule has 1 fully saturated rings. The average Bonchev–Trinajstić information content (AvgIpc) is 3.04. The third-order valence-corrected chi connectivity index (χ3v) is 3.52. The lowest BCUT2D eigenvalue weighted by molar-refractivity contribution is 0.0940. The normalized spacial score (nSPS) is 20.2. The molecule has 2 rings (SSSR count). The number of hydrogen-bond donors (Lipinski definition) is 2. The highest BCUT2D eigenvalue weighted by atomic mass is 16.3. The molecular formula is C13H21N3O2. The Morgan fingerprint density at radius 1 is 1.67 bits per heavy atom. The second-order valence-corrected chi connectivity index (χ2v) is 4.64. The van der Waals surface area contributed by atoms with Gasteiger partial charge in [0.15, 0.2) is 0 Å². The molecule has 0 bridgehead atoms. The number of likely N-dealkylation sites (N-methyl/N-ethyl adjacent to an activating group) is 1. The maximum atomic E-state index is 11.9. The topological polar surface area (TPSA) is 71.5 Å². The summed E-state index contributed by atoms with van der Waals surface area (Å²) in [6.45, 7) is 5.36. The Hall–Kier alpha value is -1.33. The van der Waals surface area contributed by atoms with Gasteiger partial charge < -0.3 is 15.5 Å². The van der Waals surface area contributed by atoms with E-state index in [0.29, 0.717) is 30.5 Å². The molecule has 18 heavy (non-hydrogen) atoms. The second kappa shape index (κ2) is 6.02. The van der Waals surface area contributed by atoms with E-state index >= 15 is 0 Å². The summed E-state index contributed by atoms with van der Waals surface area (Å²) in [5.41, 5.74) is 5.99. The van der Waals surface area contributed by atoms with Gasteiger partial charge in [-0.3, -0.25) is 9.69 Å². The number of nitrogens with two attached hydrogens (primary N) is 1. The SMILES string of the molecule is CCN1CCCC1CNC(=O)c1coc(CN)c1. The van der Waals surface area contributed by atoms with Crippen LogP contribution < -0.4 is 11.1 Å². The lowest BCUT2D eigenvalue weighted by Gasteiger charge is -2.22. The smallest absolute Gasteiger partial charge is 0.254 e. The Labute approximate surface area is 107 Å². The third-order valence-electron chi connectivity index (χ3n) is 3.52. The van der Waals surface area contributed by atoms with Crippen molar-refractivity contribution in [2.45, 2.75) is 32.4 Å². The second-order valence-electron chi connectivity index (χ2n) is 4.64. The molecule has 0 aliphatic carbocycles. The molecule has 1 unspecified atom stereocenters. The molecule has 100 valence electrons. The molecule has 1 aromatic heterocycles. The molecule has 1 aliphatic rings.